The first-order valence-electron chi connectivity index (χ1n) is 6.81. The lowest BCUT2D eigenvalue weighted by Crippen LogP contribution is -2.06. The van der Waals surface area contributed by atoms with Crippen LogP contribution in [0.15, 0.2) is 48.5 Å². The largest absolute Gasteiger partial charge is 0.497 e. The van der Waals surface area contributed by atoms with E-state index in [1.54, 1.807) is 7.11 Å². The summed E-state index contributed by atoms with van der Waals surface area (Å²) in [5.74, 6) is 1.77. The van der Waals surface area contributed by atoms with E-state index < -0.39 is 0 Å². The molecule has 0 heterocycles. The van der Waals surface area contributed by atoms with Gasteiger partial charge in [-0.1, -0.05) is 12.1 Å². The monoisotopic (exact) mass is 271 g/mol. The van der Waals surface area contributed by atoms with Crippen molar-refractivity contribution in [1.29, 1.82) is 0 Å². The first-order valence-corrected chi connectivity index (χ1v) is 6.81. The van der Waals surface area contributed by atoms with Crippen molar-refractivity contribution in [3.05, 3.63) is 54.1 Å². The second kappa shape index (κ2) is 6.85. The lowest BCUT2D eigenvalue weighted by atomic mass is 10.2. The molecule has 2 aromatic rings. The Morgan fingerprint density at radius 1 is 1.00 bits per heavy atom. The van der Waals surface area contributed by atoms with Crippen molar-refractivity contribution in [2.24, 2.45) is 0 Å². The van der Waals surface area contributed by atoms with Crippen LogP contribution < -0.4 is 14.8 Å². The van der Waals surface area contributed by atoms with Gasteiger partial charge in [0.05, 0.1) is 13.2 Å². The highest BCUT2D eigenvalue weighted by Gasteiger charge is 2.00. The van der Waals surface area contributed by atoms with Crippen molar-refractivity contribution in [3.8, 4) is 11.5 Å². The number of methoxy groups -OCH3 is 1. The first kappa shape index (κ1) is 14.3. The molecule has 0 saturated heterocycles. The SMILES string of the molecule is COc1ccc(NCc2cccc(OC(C)C)c2)cc1. The summed E-state index contributed by atoms with van der Waals surface area (Å²) in [5, 5.41) is 3.38. The third-order valence-corrected chi connectivity index (χ3v) is 2.86. The zero-order valence-electron chi connectivity index (χ0n) is 12.2. The van der Waals surface area contributed by atoms with E-state index >= 15 is 0 Å². The lowest BCUT2D eigenvalue weighted by Gasteiger charge is -2.12. The van der Waals surface area contributed by atoms with E-state index in [1.807, 2.05) is 50.2 Å². The third kappa shape index (κ3) is 4.19. The number of hydrogen-bond acceptors (Lipinski definition) is 3. The number of nitrogens with one attached hydrogen (secondary N) is 1. The molecule has 0 bridgehead atoms. The van der Waals surface area contributed by atoms with Crippen LogP contribution in [0.1, 0.15) is 19.4 Å². The quantitative estimate of drug-likeness (QED) is 0.858. The van der Waals surface area contributed by atoms with Crippen LogP contribution in [0.3, 0.4) is 0 Å². The standard InChI is InChI=1S/C17H21NO2/c1-13(2)20-17-6-4-5-14(11-17)12-18-15-7-9-16(19-3)10-8-15/h4-11,13,18H,12H2,1-3H3. The number of anilines is 1. The fourth-order valence-electron chi connectivity index (χ4n) is 1.91. The van der Waals surface area contributed by atoms with Gasteiger partial charge in [0.1, 0.15) is 11.5 Å². The maximum absolute atomic E-state index is 5.69. The molecule has 20 heavy (non-hydrogen) atoms. The number of hydrogen-bond donors (Lipinski definition) is 1. The van der Waals surface area contributed by atoms with Gasteiger partial charge in [-0.25, -0.2) is 0 Å². The Bertz CT molecular complexity index is 535. The molecular weight excluding hydrogens is 250 g/mol. The van der Waals surface area contributed by atoms with Crippen molar-refractivity contribution < 1.29 is 9.47 Å². The van der Waals surface area contributed by atoms with Gasteiger partial charge in [-0.2, -0.15) is 0 Å². The van der Waals surface area contributed by atoms with E-state index in [-0.39, 0.29) is 6.10 Å². The first-order chi connectivity index (χ1) is 9.67. The predicted molar refractivity (Wildman–Crippen MR) is 82.5 cm³/mol. The summed E-state index contributed by atoms with van der Waals surface area (Å²) >= 11 is 0. The molecule has 106 valence electrons. The predicted octanol–water partition coefficient (Wildman–Crippen LogP) is 4.09. The normalized spacial score (nSPS) is 10.4. The summed E-state index contributed by atoms with van der Waals surface area (Å²) in [4.78, 5) is 0. The van der Waals surface area contributed by atoms with E-state index in [9.17, 15) is 0 Å². The van der Waals surface area contributed by atoms with Crippen LogP contribution in [0.4, 0.5) is 5.69 Å². The molecule has 3 nitrogen and oxygen atoms in total. The molecule has 0 atom stereocenters. The van der Waals surface area contributed by atoms with Crippen molar-refractivity contribution >= 4 is 5.69 Å². The number of benzene rings is 2. The number of rotatable bonds is 6. The van der Waals surface area contributed by atoms with Crippen LogP contribution in [0.5, 0.6) is 11.5 Å². The highest BCUT2D eigenvalue weighted by molar-refractivity contribution is 5.47. The average molecular weight is 271 g/mol. The van der Waals surface area contributed by atoms with Gasteiger partial charge in [0.15, 0.2) is 0 Å². The Morgan fingerprint density at radius 2 is 1.75 bits per heavy atom. The summed E-state index contributed by atoms with van der Waals surface area (Å²) in [6, 6.07) is 16.1. The summed E-state index contributed by atoms with van der Waals surface area (Å²) in [6.07, 6.45) is 0.194. The zero-order chi connectivity index (χ0) is 14.4. The van der Waals surface area contributed by atoms with Gasteiger partial charge in [-0.15, -0.1) is 0 Å². The third-order valence-electron chi connectivity index (χ3n) is 2.86. The summed E-state index contributed by atoms with van der Waals surface area (Å²) in [7, 11) is 1.67. The van der Waals surface area contributed by atoms with E-state index in [2.05, 4.69) is 17.4 Å². The van der Waals surface area contributed by atoms with Crippen molar-refractivity contribution in [1.82, 2.24) is 0 Å². The fraction of sp³-hybridized carbons (Fsp3) is 0.294. The minimum atomic E-state index is 0.194. The highest BCUT2D eigenvalue weighted by Crippen LogP contribution is 2.18. The zero-order valence-corrected chi connectivity index (χ0v) is 12.2. The molecule has 0 unspecified atom stereocenters. The van der Waals surface area contributed by atoms with Gasteiger partial charge in [-0.05, 0) is 55.8 Å². The molecule has 0 aliphatic heterocycles. The molecule has 0 amide bonds. The van der Waals surface area contributed by atoms with Gasteiger partial charge in [0.2, 0.25) is 0 Å². The van der Waals surface area contributed by atoms with Gasteiger partial charge >= 0.3 is 0 Å². The Balaban J connectivity index is 1.95. The molecule has 0 saturated carbocycles. The molecule has 0 aromatic heterocycles. The van der Waals surface area contributed by atoms with Crippen molar-refractivity contribution in [2.75, 3.05) is 12.4 Å². The number of ether oxygens (including phenoxy) is 2. The van der Waals surface area contributed by atoms with E-state index in [0.717, 1.165) is 23.7 Å². The van der Waals surface area contributed by atoms with E-state index in [0.29, 0.717) is 0 Å². The Kier molecular flexibility index (Phi) is 4.88. The van der Waals surface area contributed by atoms with Gasteiger partial charge in [0.25, 0.3) is 0 Å². The molecule has 0 aliphatic rings. The molecule has 1 N–H and O–H groups in total. The van der Waals surface area contributed by atoms with Crippen LogP contribution in [0.25, 0.3) is 0 Å². The van der Waals surface area contributed by atoms with E-state index in [4.69, 9.17) is 9.47 Å². The van der Waals surface area contributed by atoms with Crippen LogP contribution >= 0.6 is 0 Å². The minimum Gasteiger partial charge on any atom is -0.497 e. The van der Waals surface area contributed by atoms with Crippen molar-refractivity contribution in [3.63, 3.8) is 0 Å². The lowest BCUT2D eigenvalue weighted by molar-refractivity contribution is 0.242. The molecule has 3 heteroatoms. The maximum atomic E-state index is 5.69. The second-order valence-electron chi connectivity index (χ2n) is 4.90. The molecule has 0 fully saturated rings. The van der Waals surface area contributed by atoms with E-state index in [1.165, 1.54) is 5.56 Å². The molecule has 2 aromatic carbocycles. The smallest absolute Gasteiger partial charge is 0.120 e. The topological polar surface area (TPSA) is 30.5 Å². The van der Waals surface area contributed by atoms with Crippen LogP contribution in [-0.2, 0) is 6.54 Å². The Hall–Kier alpha value is -2.16. The summed E-state index contributed by atoms with van der Waals surface area (Å²) in [6.45, 7) is 4.83. The van der Waals surface area contributed by atoms with Crippen LogP contribution in [0.2, 0.25) is 0 Å². The molecule has 2 rings (SSSR count). The Morgan fingerprint density at radius 3 is 2.40 bits per heavy atom. The summed E-state index contributed by atoms with van der Waals surface area (Å²) < 4.78 is 10.8. The molecular formula is C17H21NO2. The van der Waals surface area contributed by atoms with Crippen LogP contribution in [-0.4, -0.2) is 13.2 Å². The van der Waals surface area contributed by atoms with Crippen LogP contribution in [0, 0.1) is 0 Å². The molecule has 0 aliphatic carbocycles. The average Bonchev–Trinajstić information content (AvgIpc) is 2.45. The fourth-order valence-corrected chi connectivity index (χ4v) is 1.91. The Labute approximate surface area is 120 Å². The molecule has 0 spiro atoms. The summed E-state index contributed by atoms with van der Waals surface area (Å²) in [5.41, 5.74) is 2.26. The molecule has 0 radical (unpaired) electrons. The second-order valence-corrected chi connectivity index (χ2v) is 4.90. The van der Waals surface area contributed by atoms with Gasteiger partial charge in [0, 0.05) is 12.2 Å². The van der Waals surface area contributed by atoms with Gasteiger partial charge in [-0.3, -0.25) is 0 Å². The minimum absolute atomic E-state index is 0.194. The van der Waals surface area contributed by atoms with Gasteiger partial charge < -0.3 is 14.8 Å². The highest BCUT2D eigenvalue weighted by atomic mass is 16.5. The van der Waals surface area contributed by atoms with Crippen molar-refractivity contribution in [2.45, 2.75) is 26.5 Å². The maximum Gasteiger partial charge on any atom is 0.120 e.